The van der Waals surface area contributed by atoms with Crippen molar-refractivity contribution < 1.29 is 4.74 Å². The Kier molecular flexibility index (Phi) is 15.0. The SMILES string of the molecule is C=C/C=C\CC(=C/C(=C)c1ccccc1)/C=C(\C)c1cccc2c(C)cccc12.COC(C)(C)C(C)C.Cc1ccccn1. The lowest BCUT2D eigenvalue weighted by Gasteiger charge is -2.26. The number of hydrogen-bond donors (Lipinski definition) is 0. The average Bonchev–Trinajstić information content (AvgIpc) is 3.02. The molecule has 0 aliphatic heterocycles. The molecule has 0 spiro atoms. The van der Waals surface area contributed by atoms with Gasteiger partial charge in [-0.15, -0.1) is 0 Å². The Bertz CT molecular complexity index is 1550. The summed E-state index contributed by atoms with van der Waals surface area (Å²) >= 11 is 0. The molecule has 3 aromatic carbocycles. The maximum Gasteiger partial charge on any atom is 0.0645 e. The second-order valence-electron chi connectivity index (χ2n) is 11.7. The number of benzene rings is 3. The fraction of sp³-hybridized carbons (Fsp3) is 0.262. The van der Waals surface area contributed by atoms with Crippen LogP contribution in [0.1, 0.15) is 63.4 Å². The van der Waals surface area contributed by atoms with Crippen LogP contribution in [0.25, 0.3) is 21.9 Å². The van der Waals surface area contributed by atoms with Crippen molar-refractivity contribution in [3.63, 3.8) is 0 Å². The first-order valence-corrected chi connectivity index (χ1v) is 15.3. The van der Waals surface area contributed by atoms with E-state index in [1.807, 2.05) is 55.5 Å². The Morgan fingerprint density at radius 3 is 2.07 bits per heavy atom. The molecule has 0 radical (unpaired) electrons. The largest absolute Gasteiger partial charge is 0.379 e. The molecule has 44 heavy (non-hydrogen) atoms. The highest BCUT2D eigenvalue weighted by Crippen LogP contribution is 2.29. The summed E-state index contributed by atoms with van der Waals surface area (Å²) in [5.74, 6) is 0.590. The molecule has 0 saturated carbocycles. The molecule has 0 amide bonds. The summed E-state index contributed by atoms with van der Waals surface area (Å²) in [7, 11) is 1.75. The van der Waals surface area contributed by atoms with Crippen molar-refractivity contribution >= 4 is 21.9 Å². The zero-order valence-electron chi connectivity index (χ0n) is 28.1. The van der Waals surface area contributed by atoms with Crippen LogP contribution in [0, 0.1) is 19.8 Å². The van der Waals surface area contributed by atoms with Crippen molar-refractivity contribution in [3.05, 3.63) is 163 Å². The molecule has 4 aromatic rings. The van der Waals surface area contributed by atoms with Crippen molar-refractivity contribution in [2.45, 2.75) is 60.5 Å². The second-order valence-corrected chi connectivity index (χ2v) is 11.7. The van der Waals surface area contributed by atoms with Gasteiger partial charge in [0.25, 0.3) is 0 Å². The molecule has 0 N–H and O–H groups in total. The van der Waals surface area contributed by atoms with E-state index in [0.717, 1.165) is 23.3 Å². The number of hydrogen-bond acceptors (Lipinski definition) is 2. The Balaban J connectivity index is 0.000000368. The van der Waals surface area contributed by atoms with Gasteiger partial charge in [0.2, 0.25) is 0 Å². The molecule has 0 fully saturated rings. The Hall–Kier alpha value is -4.27. The van der Waals surface area contributed by atoms with Crippen molar-refractivity contribution in [1.29, 1.82) is 0 Å². The fourth-order valence-electron chi connectivity index (χ4n) is 4.27. The molecular formula is C42H51NO. The Morgan fingerprint density at radius 2 is 1.52 bits per heavy atom. The molecule has 1 aromatic heterocycles. The van der Waals surface area contributed by atoms with E-state index in [9.17, 15) is 0 Å². The normalized spacial score (nSPS) is 11.9. The minimum absolute atomic E-state index is 0.0417. The molecule has 2 heteroatoms. The van der Waals surface area contributed by atoms with E-state index >= 15 is 0 Å². The molecule has 1 heterocycles. The van der Waals surface area contributed by atoms with Crippen LogP contribution in [-0.4, -0.2) is 17.7 Å². The van der Waals surface area contributed by atoms with Crippen LogP contribution in [0.4, 0.5) is 0 Å². The number of rotatable bonds is 9. The average molecular weight is 586 g/mol. The fourth-order valence-corrected chi connectivity index (χ4v) is 4.27. The predicted octanol–water partition coefficient (Wildman–Crippen LogP) is 11.8. The lowest BCUT2D eigenvalue weighted by molar-refractivity contribution is -0.0157. The number of pyridine rings is 1. The maximum absolute atomic E-state index is 5.20. The molecule has 0 saturated heterocycles. The molecule has 0 atom stereocenters. The zero-order chi connectivity index (χ0) is 32.5. The van der Waals surface area contributed by atoms with E-state index in [2.05, 4.69) is 126 Å². The van der Waals surface area contributed by atoms with Crippen LogP contribution < -0.4 is 0 Å². The van der Waals surface area contributed by atoms with Crippen LogP contribution in [-0.2, 0) is 4.74 Å². The summed E-state index contributed by atoms with van der Waals surface area (Å²) in [4.78, 5) is 3.98. The first-order valence-electron chi connectivity index (χ1n) is 15.3. The predicted molar refractivity (Wildman–Crippen MR) is 195 cm³/mol. The molecule has 0 unspecified atom stereocenters. The van der Waals surface area contributed by atoms with E-state index in [4.69, 9.17) is 4.74 Å². The molecule has 2 nitrogen and oxygen atoms in total. The summed E-state index contributed by atoms with van der Waals surface area (Å²) in [5.41, 5.74) is 8.33. The van der Waals surface area contributed by atoms with Gasteiger partial charge in [-0.05, 0) is 103 Å². The molecular weight excluding hydrogens is 534 g/mol. The third-order valence-corrected chi connectivity index (χ3v) is 7.83. The molecule has 0 bridgehead atoms. The highest BCUT2D eigenvalue weighted by Gasteiger charge is 2.20. The number of fused-ring (bicyclic) bond motifs is 1. The van der Waals surface area contributed by atoms with E-state index in [-0.39, 0.29) is 5.60 Å². The lowest BCUT2D eigenvalue weighted by atomic mass is 9.94. The van der Waals surface area contributed by atoms with E-state index in [1.54, 1.807) is 13.3 Å². The van der Waals surface area contributed by atoms with Crippen LogP contribution in [0.2, 0.25) is 0 Å². The number of nitrogens with zero attached hydrogens (tertiary/aromatic N) is 1. The summed E-state index contributed by atoms with van der Waals surface area (Å²) in [5, 5.41) is 2.60. The monoisotopic (exact) mass is 585 g/mol. The van der Waals surface area contributed by atoms with Gasteiger partial charge < -0.3 is 4.74 Å². The highest BCUT2D eigenvalue weighted by atomic mass is 16.5. The summed E-state index contributed by atoms with van der Waals surface area (Å²) in [6, 6.07) is 29.2. The molecule has 0 aliphatic carbocycles. The minimum Gasteiger partial charge on any atom is -0.379 e. The van der Waals surface area contributed by atoms with Gasteiger partial charge in [-0.3, -0.25) is 4.98 Å². The third kappa shape index (κ3) is 11.8. The number of methoxy groups -OCH3 is 1. The van der Waals surface area contributed by atoms with Gasteiger partial charge in [0.05, 0.1) is 5.60 Å². The van der Waals surface area contributed by atoms with Crippen LogP contribution >= 0.6 is 0 Å². The third-order valence-electron chi connectivity index (χ3n) is 7.83. The van der Waals surface area contributed by atoms with Gasteiger partial charge in [-0.1, -0.05) is 130 Å². The summed E-state index contributed by atoms with van der Waals surface area (Å²) in [6.07, 6.45) is 13.0. The number of aryl methyl sites for hydroxylation is 2. The zero-order valence-corrected chi connectivity index (χ0v) is 28.1. The van der Waals surface area contributed by atoms with E-state index < -0.39 is 0 Å². The van der Waals surface area contributed by atoms with Crippen LogP contribution in [0.3, 0.4) is 0 Å². The van der Waals surface area contributed by atoms with Gasteiger partial charge in [0.1, 0.15) is 0 Å². The standard InChI is InChI=1S/C29H28.C7H16O.C6H7N/c1-5-6-8-14-25(20-23(3)26-15-9-7-10-16-26)21-24(4)28-18-12-17-27-22(2)13-11-19-29(27)28;1-6(2)7(3,4)8-5;1-6-4-2-3-5-7-6/h5-13,15-21H,1,3,14H2,2,4H3;6H,1-5H3;2-5H,1H3/b8-6-,24-21+,25-20-;;. The van der Waals surface area contributed by atoms with Gasteiger partial charge in [0.15, 0.2) is 0 Å². The topological polar surface area (TPSA) is 22.1 Å². The first kappa shape index (κ1) is 35.9. The maximum atomic E-state index is 5.20. The Labute approximate surface area is 267 Å². The number of allylic oxidation sites excluding steroid dienone is 8. The molecule has 0 aliphatic rings. The second kappa shape index (κ2) is 18.4. The van der Waals surface area contributed by atoms with Crippen molar-refractivity contribution in [2.75, 3.05) is 7.11 Å². The molecule has 4 rings (SSSR count). The van der Waals surface area contributed by atoms with Gasteiger partial charge in [-0.25, -0.2) is 0 Å². The van der Waals surface area contributed by atoms with Gasteiger partial charge >= 0.3 is 0 Å². The number of aromatic nitrogens is 1. The van der Waals surface area contributed by atoms with Crippen molar-refractivity contribution in [1.82, 2.24) is 4.98 Å². The van der Waals surface area contributed by atoms with Crippen LogP contribution in [0.15, 0.2) is 140 Å². The van der Waals surface area contributed by atoms with Gasteiger partial charge in [-0.2, -0.15) is 0 Å². The first-order chi connectivity index (χ1) is 21.0. The van der Waals surface area contributed by atoms with Gasteiger partial charge in [0, 0.05) is 19.0 Å². The smallest absolute Gasteiger partial charge is 0.0645 e. The quantitative estimate of drug-likeness (QED) is 0.182. The van der Waals surface area contributed by atoms with Crippen molar-refractivity contribution in [2.24, 2.45) is 5.92 Å². The molecule has 230 valence electrons. The van der Waals surface area contributed by atoms with Crippen LogP contribution in [0.5, 0.6) is 0 Å². The highest BCUT2D eigenvalue weighted by molar-refractivity contribution is 5.95. The van der Waals surface area contributed by atoms with E-state index in [1.165, 1.54) is 33.0 Å². The number of ether oxygens (including phenoxy) is 1. The van der Waals surface area contributed by atoms with Crippen molar-refractivity contribution in [3.8, 4) is 0 Å². The Morgan fingerprint density at radius 1 is 0.864 bits per heavy atom. The summed E-state index contributed by atoms with van der Waals surface area (Å²) < 4.78 is 5.20. The van der Waals surface area contributed by atoms with E-state index in [0.29, 0.717) is 5.92 Å². The summed E-state index contributed by atoms with van der Waals surface area (Å²) in [6.45, 7) is 22.9. The minimum atomic E-state index is 0.0417. The lowest BCUT2D eigenvalue weighted by Crippen LogP contribution is -2.29.